The van der Waals surface area contributed by atoms with Crippen molar-refractivity contribution in [2.75, 3.05) is 49.9 Å². The Morgan fingerprint density at radius 3 is 2.12 bits per heavy atom. The van der Waals surface area contributed by atoms with Crippen LogP contribution >= 0.6 is 0 Å². The first kappa shape index (κ1) is 18.1. The average molecular weight is 357 g/mol. The van der Waals surface area contributed by atoms with Gasteiger partial charge in [-0.1, -0.05) is 23.4 Å². The van der Waals surface area contributed by atoms with Crippen molar-refractivity contribution in [2.45, 2.75) is 6.92 Å². The zero-order chi connectivity index (χ0) is 18.4. The van der Waals surface area contributed by atoms with Crippen molar-refractivity contribution in [3.8, 4) is 0 Å². The summed E-state index contributed by atoms with van der Waals surface area (Å²) in [6, 6.07) is 11.1. The van der Waals surface area contributed by atoms with E-state index in [9.17, 15) is 9.59 Å². The number of rotatable bonds is 6. The first-order valence-electron chi connectivity index (χ1n) is 8.61. The molecular weight excluding hydrogens is 334 g/mol. The minimum Gasteiger partial charge on any atom is -0.360 e. The number of benzene rings is 1. The molecule has 1 aromatic carbocycles. The Bertz CT molecular complexity index is 738. The molecule has 2 heterocycles. The molecule has 2 amide bonds. The predicted molar refractivity (Wildman–Crippen MR) is 97.8 cm³/mol. The molecule has 2 aromatic rings. The third kappa shape index (κ3) is 5.40. The molecule has 0 saturated carbocycles. The molecule has 1 saturated heterocycles. The molecule has 26 heavy (non-hydrogen) atoms. The number of piperazine rings is 1. The Hall–Kier alpha value is -2.71. The van der Waals surface area contributed by atoms with Crippen molar-refractivity contribution < 1.29 is 14.1 Å². The zero-order valence-electron chi connectivity index (χ0n) is 14.8. The molecule has 1 aliphatic rings. The number of carbonyl (C=O) groups is 2. The summed E-state index contributed by atoms with van der Waals surface area (Å²) in [5, 5.41) is 9.36. The summed E-state index contributed by atoms with van der Waals surface area (Å²) in [7, 11) is 0. The SMILES string of the molecule is Cc1cc(NC(=O)CN2CCN(CC(=O)Nc3ccccc3)CC2)no1. The molecule has 8 nitrogen and oxygen atoms in total. The predicted octanol–water partition coefficient (Wildman–Crippen LogP) is 1.18. The van der Waals surface area contributed by atoms with Gasteiger partial charge in [0.15, 0.2) is 5.82 Å². The van der Waals surface area contributed by atoms with E-state index in [4.69, 9.17) is 4.52 Å². The van der Waals surface area contributed by atoms with E-state index in [0.717, 1.165) is 31.9 Å². The van der Waals surface area contributed by atoms with E-state index in [1.54, 1.807) is 13.0 Å². The number of para-hydroxylation sites is 1. The molecule has 0 atom stereocenters. The van der Waals surface area contributed by atoms with Gasteiger partial charge in [-0.2, -0.15) is 0 Å². The smallest absolute Gasteiger partial charge is 0.239 e. The van der Waals surface area contributed by atoms with Gasteiger partial charge >= 0.3 is 0 Å². The van der Waals surface area contributed by atoms with E-state index in [1.807, 2.05) is 30.3 Å². The Morgan fingerprint density at radius 1 is 1.00 bits per heavy atom. The molecule has 138 valence electrons. The van der Waals surface area contributed by atoms with Gasteiger partial charge < -0.3 is 15.2 Å². The Labute approximate surface area is 152 Å². The van der Waals surface area contributed by atoms with Crippen molar-refractivity contribution >= 4 is 23.3 Å². The van der Waals surface area contributed by atoms with Crippen LogP contribution in [0.15, 0.2) is 40.9 Å². The first-order valence-corrected chi connectivity index (χ1v) is 8.61. The molecule has 2 N–H and O–H groups in total. The van der Waals surface area contributed by atoms with Crippen LogP contribution in [0.2, 0.25) is 0 Å². The number of nitrogens with one attached hydrogen (secondary N) is 2. The fourth-order valence-electron chi connectivity index (χ4n) is 2.84. The maximum atomic E-state index is 12.1. The number of hydrogen-bond acceptors (Lipinski definition) is 6. The Kier molecular flexibility index (Phi) is 5.98. The number of hydrogen-bond donors (Lipinski definition) is 2. The molecule has 8 heteroatoms. The lowest BCUT2D eigenvalue weighted by Gasteiger charge is -2.33. The Balaban J connectivity index is 1.37. The first-order chi connectivity index (χ1) is 12.6. The molecule has 0 radical (unpaired) electrons. The normalized spacial score (nSPS) is 15.6. The topological polar surface area (TPSA) is 90.7 Å². The number of carbonyl (C=O) groups excluding carboxylic acids is 2. The standard InChI is InChI=1S/C18H23N5O3/c1-14-11-16(21-26-14)20-18(25)13-23-9-7-22(8-10-23)12-17(24)19-15-5-3-2-4-6-15/h2-6,11H,7-10,12-13H2,1H3,(H,19,24)(H,20,21,25). The van der Waals surface area contributed by atoms with Gasteiger partial charge in [-0.05, 0) is 19.1 Å². The van der Waals surface area contributed by atoms with Gasteiger partial charge in [0.25, 0.3) is 0 Å². The number of amides is 2. The van der Waals surface area contributed by atoms with Gasteiger partial charge in [0.1, 0.15) is 5.76 Å². The lowest BCUT2D eigenvalue weighted by Crippen LogP contribution is -2.50. The summed E-state index contributed by atoms with van der Waals surface area (Å²) < 4.78 is 4.93. The fraction of sp³-hybridized carbons (Fsp3) is 0.389. The van der Waals surface area contributed by atoms with Crippen LogP contribution in [0.3, 0.4) is 0 Å². The highest BCUT2D eigenvalue weighted by Gasteiger charge is 2.21. The molecule has 0 unspecified atom stereocenters. The zero-order valence-corrected chi connectivity index (χ0v) is 14.8. The second kappa shape index (κ2) is 8.59. The third-order valence-corrected chi connectivity index (χ3v) is 4.15. The van der Waals surface area contributed by atoms with Gasteiger partial charge in [-0.15, -0.1) is 0 Å². The number of anilines is 2. The lowest BCUT2D eigenvalue weighted by atomic mass is 10.3. The van der Waals surface area contributed by atoms with Crippen molar-refractivity contribution in [3.63, 3.8) is 0 Å². The van der Waals surface area contributed by atoms with Crippen LogP contribution in [0.25, 0.3) is 0 Å². The van der Waals surface area contributed by atoms with Gasteiger partial charge in [-0.25, -0.2) is 0 Å². The summed E-state index contributed by atoms with van der Waals surface area (Å²) >= 11 is 0. The highest BCUT2D eigenvalue weighted by Crippen LogP contribution is 2.08. The molecule has 0 bridgehead atoms. The van der Waals surface area contributed by atoms with Crippen molar-refractivity contribution in [3.05, 3.63) is 42.2 Å². The fourth-order valence-corrected chi connectivity index (χ4v) is 2.84. The molecule has 1 aliphatic heterocycles. The molecule has 0 aliphatic carbocycles. The molecule has 1 fully saturated rings. The van der Waals surface area contributed by atoms with Crippen LogP contribution in [0, 0.1) is 6.92 Å². The maximum Gasteiger partial charge on any atom is 0.239 e. The van der Waals surface area contributed by atoms with Crippen LogP contribution < -0.4 is 10.6 Å². The largest absolute Gasteiger partial charge is 0.360 e. The summed E-state index contributed by atoms with van der Waals surface area (Å²) in [4.78, 5) is 28.3. The summed E-state index contributed by atoms with van der Waals surface area (Å²) in [5.41, 5.74) is 0.802. The van der Waals surface area contributed by atoms with Gasteiger partial charge in [0.05, 0.1) is 13.1 Å². The van der Waals surface area contributed by atoms with E-state index in [1.165, 1.54) is 0 Å². The van der Waals surface area contributed by atoms with Gasteiger partial charge in [0, 0.05) is 37.9 Å². The van der Waals surface area contributed by atoms with Gasteiger partial charge in [-0.3, -0.25) is 19.4 Å². The summed E-state index contributed by atoms with van der Waals surface area (Å²) in [6.45, 7) is 5.41. The van der Waals surface area contributed by atoms with E-state index >= 15 is 0 Å². The van der Waals surface area contributed by atoms with Crippen molar-refractivity contribution in [1.82, 2.24) is 15.0 Å². The van der Waals surface area contributed by atoms with Crippen LogP contribution in [-0.2, 0) is 9.59 Å². The lowest BCUT2D eigenvalue weighted by molar-refractivity contribution is -0.120. The molecular formula is C18H23N5O3. The van der Waals surface area contributed by atoms with Crippen LogP contribution in [-0.4, -0.2) is 66.0 Å². The van der Waals surface area contributed by atoms with Crippen LogP contribution in [0.4, 0.5) is 11.5 Å². The van der Waals surface area contributed by atoms with E-state index in [-0.39, 0.29) is 11.8 Å². The van der Waals surface area contributed by atoms with E-state index in [0.29, 0.717) is 24.7 Å². The second-order valence-electron chi connectivity index (χ2n) is 6.34. The maximum absolute atomic E-state index is 12.1. The van der Waals surface area contributed by atoms with Gasteiger partial charge in [0.2, 0.25) is 11.8 Å². The summed E-state index contributed by atoms with van der Waals surface area (Å²) in [6.07, 6.45) is 0. The number of aromatic nitrogens is 1. The van der Waals surface area contributed by atoms with Crippen LogP contribution in [0.5, 0.6) is 0 Å². The monoisotopic (exact) mass is 357 g/mol. The minimum atomic E-state index is -0.117. The minimum absolute atomic E-state index is 0.0243. The van der Waals surface area contributed by atoms with Crippen molar-refractivity contribution in [2.24, 2.45) is 0 Å². The molecule has 3 rings (SSSR count). The third-order valence-electron chi connectivity index (χ3n) is 4.15. The van der Waals surface area contributed by atoms with E-state index in [2.05, 4.69) is 25.6 Å². The highest BCUT2D eigenvalue weighted by molar-refractivity contribution is 5.92. The quantitative estimate of drug-likeness (QED) is 0.807. The summed E-state index contributed by atoms with van der Waals surface area (Å²) in [5.74, 6) is 0.948. The van der Waals surface area contributed by atoms with E-state index < -0.39 is 0 Å². The molecule has 1 aromatic heterocycles. The number of nitrogens with zero attached hydrogens (tertiary/aromatic N) is 3. The second-order valence-corrected chi connectivity index (χ2v) is 6.34. The Morgan fingerprint density at radius 2 is 1.58 bits per heavy atom. The average Bonchev–Trinajstić information content (AvgIpc) is 3.02. The van der Waals surface area contributed by atoms with Crippen molar-refractivity contribution in [1.29, 1.82) is 0 Å². The number of aryl methyl sites for hydroxylation is 1. The molecule has 0 spiro atoms. The highest BCUT2D eigenvalue weighted by atomic mass is 16.5. The van der Waals surface area contributed by atoms with Crippen LogP contribution in [0.1, 0.15) is 5.76 Å².